The highest BCUT2D eigenvalue weighted by Crippen LogP contribution is 2.36. The maximum Gasteiger partial charge on any atom is 0.0172 e. The van der Waals surface area contributed by atoms with Crippen molar-refractivity contribution in [3.63, 3.8) is 0 Å². The van der Waals surface area contributed by atoms with E-state index in [9.17, 15) is 0 Å². The van der Waals surface area contributed by atoms with Gasteiger partial charge in [0.2, 0.25) is 0 Å². The van der Waals surface area contributed by atoms with Gasteiger partial charge in [0.25, 0.3) is 0 Å². The van der Waals surface area contributed by atoms with Gasteiger partial charge in [-0.15, -0.1) is 12.4 Å². The molecule has 0 unspecified atom stereocenters. The van der Waals surface area contributed by atoms with Crippen LogP contribution in [-0.4, -0.2) is 6.04 Å². The number of fused-ring (bicyclic) bond motifs is 1. The topological polar surface area (TPSA) is 26.0 Å². The second-order valence-electron chi connectivity index (χ2n) is 4.19. The lowest BCUT2D eigenvalue weighted by Gasteiger charge is -2.24. The first-order chi connectivity index (χ1) is 5.62. The van der Waals surface area contributed by atoms with Crippen LogP contribution in [0.1, 0.15) is 25.0 Å². The lowest BCUT2D eigenvalue weighted by atomic mass is 9.84. The number of rotatable bonds is 0. The van der Waals surface area contributed by atoms with E-state index < -0.39 is 0 Å². The van der Waals surface area contributed by atoms with Crippen molar-refractivity contribution in [2.75, 3.05) is 0 Å². The summed E-state index contributed by atoms with van der Waals surface area (Å²) in [6.07, 6.45) is 1.03. The molecule has 0 fully saturated rings. The average Bonchev–Trinajstić information content (AvgIpc) is 2.25. The number of benzene rings is 1. The van der Waals surface area contributed by atoms with Gasteiger partial charge in [0.1, 0.15) is 0 Å². The summed E-state index contributed by atoms with van der Waals surface area (Å²) in [6, 6.07) is 8.85. The molecule has 2 rings (SSSR count). The van der Waals surface area contributed by atoms with Crippen molar-refractivity contribution in [1.29, 1.82) is 0 Å². The Morgan fingerprint density at radius 3 is 2.54 bits per heavy atom. The average molecular weight is 198 g/mol. The number of nitrogens with two attached hydrogens (primary N) is 1. The van der Waals surface area contributed by atoms with Crippen molar-refractivity contribution in [3.05, 3.63) is 35.4 Å². The first-order valence-corrected chi connectivity index (χ1v) is 4.46. The van der Waals surface area contributed by atoms with E-state index in [2.05, 4.69) is 38.1 Å². The third-order valence-corrected chi connectivity index (χ3v) is 3.08. The van der Waals surface area contributed by atoms with Crippen LogP contribution in [0.2, 0.25) is 0 Å². The molecule has 1 atom stereocenters. The fourth-order valence-corrected chi connectivity index (χ4v) is 2.02. The highest BCUT2D eigenvalue weighted by molar-refractivity contribution is 5.85. The van der Waals surface area contributed by atoms with Crippen molar-refractivity contribution < 1.29 is 0 Å². The minimum absolute atomic E-state index is 0. The van der Waals surface area contributed by atoms with Crippen LogP contribution in [0.15, 0.2) is 24.3 Å². The second kappa shape index (κ2) is 3.32. The largest absolute Gasteiger partial charge is 0.327 e. The van der Waals surface area contributed by atoms with E-state index in [0.717, 1.165) is 6.42 Å². The van der Waals surface area contributed by atoms with E-state index in [1.54, 1.807) is 0 Å². The third kappa shape index (κ3) is 1.47. The molecule has 0 aliphatic heterocycles. The molecule has 0 heterocycles. The maximum atomic E-state index is 6.06. The van der Waals surface area contributed by atoms with Gasteiger partial charge in [0.05, 0.1) is 0 Å². The molecule has 1 nitrogen and oxygen atoms in total. The minimum atomic E-state index is 0. The number of hydrogen-bond donors (Lipinski definition) is 1. The molecule has 1 aliphatic rings. The summed E-state index contributed by atoms with van der Waals surface area (Å²) in [5.41, 5.74) is 9.08. The zero-order valence-corrected chi connectivity index (χ0v) is 8.90. The van der Waals surface area contributed by atoms with Gasteiger partial charge in [0.15, 0.2) is 0 Å². The van der Waals surface area contributed by atoms with Crippen LogP contribution in [0, 0.1) is 0 Å². The molecule has 0 bridgehead atoms. The Kier molecular flexibility index (Phi) is 2.69. The smallest absolute Gasteiger partial charge is 0.0172 e. The first kappa shape index (κ1) is 10.6. The quantitative estimate of drug-likeness (QED) is 0.679. The zero-order valence-electron chi connectivity index (χ0n) is 8.08. The van der Waals surface area contributed by atoms with Gasteiger partial charge in [-0.05, 0) is 17.5 Å². The Balaban J connectivity index is 0.000000845. The van der Waals surface area contributed by atoms with E-state index in [-0.39, 0.29) is 23.9 Å². The summed E-state index contributed by atoms with van der Waals surface area (Å²) in [6.45, 7) is 4.45. The minimum Gasteiger partial charge on any atom is -0.327 e. The van der Waals surface area contributed by atoms with Gasteiger partial charge in [-0.25, -0.2) is 0 Å². The molecule has 0 amide bonds. The molecule has 0 spiro atoms. The van der Waals surface area contributed by atoms with Gasteiger partial charge in [0, 0.05) is 11.5 Å². The van der Waals surface area contributed by atoms with E-state index in [1.165, 1.54) is 11.1 Å². The maximum absolute atomic E-state index is 6.06. The number of hydrogen-bond acceptors (Lipinski definition) is 1. The molecule has 1 aromatic carbocycles. The van der Waals surface area contributed by atoms with Crippen LogP contribution in [0.4, 0.5) is 0 Å². The van der Waals surface area contributed by atoms with Crippen molar-refractivity contribution >= 4 is 12.4 Å². The molecule has 0 radical (unpaired) electrons. The predicted molar refractivity (Wildman–Crippen MR) is 58.4 cm³/mol. The van der Waals surface area contributed by atoms with Crippen LogP contribution >= 0.6 is 12.4 Å². The highest BCUT2D eigenvalue weighted by atomic mass is 35.5. The highest BCUT2D eigenvalue weighted by Gasteiger charge is 2.36. The van der Waals surface area contributed by atoms with E-state index in [1.807, 2.05) is 0 Å². The van der Waals surface area contributed by atoms with Crippen LogP contribution in [0.3, 0.4) is 0 Å². The summed E-state index contributed by atoms with van der Waals surface area (Å²) >= 11 is 0. The van der Waals surface area contributed by atoms with Crippen molar-refractivity contribution in [2.45, 2.75) is 31.7 Å². The van der Waals surface area contributed by atoms with Crippen LogP contribution < -0.4 is 5.73 Å². The molecular weight excluding hydrogens is 182 g/mol. The Morgan fingerprint density at radius 1 is 1.31 bits per heavy atom. The molecule has 1 aromatic rings. The molecule has 1 aliphatic carbocycles. The SMILES string of the molecule is CC1(C)c2ccccc2C[C@@H]1N.Cl. The van der Waals surface area contributed by atoms with Crippen LogP contribution in [0.5, 0.6) is 0 Å². The van der Waals surface area contributed by atoms with Gasteiger partial charge < -0.3 is 5.73 Å². The summed E-state index contributed by atoms with van der Waals surface area (Å²) in [5.74, 6) is 0. The summed E-state index contributed by atoms with van der Waals surface area (Å²) in [5, 5.41) is 0. The fraction of sp³-hybridized carbons (Fsp3) is 0.455. The molecule has 0 aromatic heterocycles. The molecule has 13 heavy (non-hydrogen) atoms. The van der Waals surface area contributed by atoms with Crippen LogP contribution in [-0.2, 0) is 11.8 Å². The van der Waals surface area contributed by atoms with Crippen molar-refractivity contribution in [2.24, 2.45) is 5.73 Å². The van der Waals surface area contributed by atoms with Crippen molar-refractivity contribution in [3.8, 4) is 0 Å². The summed E-state index contributed by atoms with van der Waals surface area (Å²) in [4.78, 5) is 0. The zero-order chi connectivity index (χ0) is 8.77. The molecule has 2 N–H and O–H groups in total. The van der Waals surface area contributed by atoms with E-state index in [4.69, 9.17) is 5.73 Å². The monoisotopic (exact) mass is 197 g/mol. The Morgan fingerprint density at radius 2 is 1.92 bits per heavy atom. The predicted octanol–water partition coefficient (Wildman–Crippen LogP) is 2.27. The van der Waals surface area contributed by atoms with Gasteiger partial charge in [-0.3, -0.25) is 0 Å². The molecular formula is C11H16ClN. The molecule has 0 saturated carbocycles. The Hall–Kier alpha value is -0.530. The van der Waals surface area contributed by atoms with Gasteiger partial charge >= 0.3 is 0 Å². The Labute approximate surface area is 85.7 Å². The normalized spacial score (nSPS) is 23.5. The summed E-state index contributed by atoms with van der Waals surface area (Å²) in [7, 11) is 0. The summed E-state index contributed by atoms with van der Waals surface area (Å²) < 4.78 is 0. The molecule has 2 heteroatoms. The second-order valence-corrected chi connectivity index (χ2v) is 4.19. The van der Waals surface area contributed by atoms with E-state index >= 15 is 0 Å². The van der Waals surface area contributed by atoms with E-state index in [0.29, 0.717) is 0 Å². The lowest BCUT2D eigenvalue weighted by molar-refractivity contribution is 0.445. The fourth-order valence-electron chi connectivity index (χ4n) is 2.02. The van der Waals surface area contributed by atoms with Gasteiger partial charge in [-0.2, -0.15) is 0 Å². The lowest BCUT2D eigenvalue weighted by Crippen LogP contribution is -2.36. The van der Waals surface area contributed by atoms with Gasteiger partial charge in [-0.1, -0.05) is 38.1 Å². The Bertz CT molecular complexity index is 307. The number of halogens is 1. The third-order valence-electron chi connectivity index (χ3n) is 3.08. The van der Waals surface area contributed by atoms with Crippen molar-refractivity contribution in [1.82, 2.24) is 0 Å². The standard InChI is InChI=1S/C11H15N.ClH/c1-11(2)9-6-4-3-5-8(9)7-10(11)12;/h3-6,10H,7,12H2,1-2H3;1H/t10-;/m0./s1. The first-order valence-electron chi connectivity index (χ1n) is 4.46. The molecule has 72 valence electrons. The van der Waals surface area contributed by atoms with Crippen LogP contribution in [0.25, 0.3) is 0 Å². The molecule has 0 saturated heterocycles.